The third kappa shape index (κ3) is 3.11. The van der Waals surface area contributed by atoms with Crippen LogP contribution in [0.4, 0.5) is 5.69 Å². The van der Waals surface area contributed by atoms with Crippen molar-refractivity contribution in [1.29, 1.82) is 0 Å². The molecule has 0 saturated heterocycles. The van der Waals surface area contributed by atoms with Crippen molar-refractivity contribution in [3.63, 3.8) is 0 Å². The lowest BCUT2D eigenvalue weighted by molar-refractivity contribution is -0.385. The Kier molecular flexibility index (Phi) is 4.44. The van der Waals surface area contributed by atoms with E-state index in [4.69, 9.17) is 0 Å². The van der Waals surface area contributed by atoms with Crippen molar-refractivity contribution in [3.8, 4) is 0 Å². The second-order valence-electron chi connectivity index (χ2n) is 9.53. The molecular weight excluding hydrogens is 384 g/mol. The molecule has 0 unspecified atom stereocenters. The Morgan fingerprint density at radius 1 is 1.23 bits per heavy atom. The molecule has 4 bridgehead atoms. The SMILES string of the molecule is CCn1ccc(CN(C)C(=O)c2nn(C34CC5CC(CC(C5)C3)C4)cc2[N+](=O)[O-])n1. The Labute approximate surface area is 175 Å². The first-order chi connectivity index (χ1) is 14.4. The fraction of sp³-hybridized carbons (Fsp3) is 0.667. The molecule has 9 nitrogen and oxygen atoms in total. The molecule has 0 radical (unpaired) electrons. The number of nitro groups is 1. The Hall–Kier alpha value is -2.71. The molecule has 4 aliphatic carbocycles. The highest BCUT2D eigenvalue weighted by Gasteiger charge is 2.53. The van der Waals surface area contributed by atoms with E-state index < -0.39 is 10.8 Å². The highest BCUT2D eigenvalue weighted by atomic mass is 16.6. The quantitative estimate of drug-likeness (QED) is 0.536. The zero-order valence-corrected chi connectivity index (χ0v) is 17.5. The summed E-state index contributed by atoms with van der Waals surface area (Å²) >= 11 is 0. The number of aromatic nitrogens is 4. The van der Waals surface area contributed by atoms with E-state index in [2.05, 4.69) is 10.2 Å². The van der Waals surface area contributed by atoms with Crippen LogP contribution in [0.3, 0.4) is 0 Å². The molecule has 4 aliphatic rings. The van der Waals surface area contributed by atoms with Gasteiger partial charge in [-0.05, 0) is 69.3 Å². The number of amides is 1. The normalized spacial score (nSPS) is 29.3. The van der Waals surface area contributed by atoms with Gasteiger partial charge in [0, 0.05) is 19.8 Å². The van der Waals surface area contributed by atoms with Crippen LogP contribution in [0.2, 0.25) is 0 Å². The van der Waals surface area contributed by atoms with Crippen molar-refractivity contribution >= 4 is 11.6 Å². The molecule has 2 aromatic heterocycles. The van der Waals surface area contributed by atoms with Gasteiger partial charge in [0.25, 0.3) is 5.91 Å². The fourth-order valence-electron chi connectivity index (χ4n) is 6.40. The summed E-state index contributed by atoms with van der Waals surface area (Å²) in [5, 5.41) is 20.7. The third-order valence-corrected chi connectivity index (χ3v) is 7.35. The number of carbonyl (C=O) groups is 1. The molecule has 6 rings (SSSR count). The minimum atomic E-state index is -0.475. The van der Waals surface area contributed by atoms with Crippen molar-refractivity contribution in [2.24, 2.45) is 17.8 Å². The smallest absolute Gasteiger partial charge is 0.320 e. The van der Waals surface area contributed by atoms with E-state index in [1.807, 2.05) is 19.2 Å². The minimum Gasteiger partial charge on any atom is -0.334 e. The van der Waals surface area contributed by atoms with Gasteiger partial charge in [-0.3, -0.25) is 24.3 Å². The summed E-state index contributed by atoms with van der Waals surface area (Å²) in [7, 11) is 1.64. The summed E-state index contributed by atoms with van der Waals surface area (Å²) in [5.41, 5.74) is 0.335. The minimum absolute atomic E-state index is 0.0619. The number of rotatable bonds is 6. The molecule has 0 aromatic carbocycles. The highest BCUT2D eigenvalue weighted by molar-refractivity contribution is 5.95. The second kappa shape index (κ2) is 6.92. The van der Waals surface area contributed by atoms with Gasteiger partial charge < -0.3 is 4.90 Å². The highest BCUT2D eigenvalue weighted by Crippen LogP contribution is 2.58. The van der Waals surface area contributed by atoms with E-state index in [1.54, 1.807) is 16.4 Å². The maximum atomic E-state index is 13.1. The molecule has 0 aliphatic heterocycles. The number of aryl methyl sites for hydroxylation is 1. The van der Waals surface area contributed by atoms with E-state index in [-0.39, 0.29) is 23.5 Å². The zero-order chi connectivity index (χ0) is 21.0. The van der Waals surface area contributed by atoms with Crippen molar-refractivity contribution in [3.05, 3.63) is 40.0 Å². The molecule has 0 spiro atoms. The number of hydrogen-bond donors (Lipinski definition) is 0. The molecular formula is C21H28N6O3. The van der Waals surface area contributed by atoms with Gasteiger partial charge in [0.15, 0.2) is 0 Å². The molecule has 4 fully saturated rings. The van der Waals surface area contributed by atoms with Gasteiger partial charge in [0.2, 0.25) is 5.69 Å². The zero-order valence-electron chi connectivity index (χ0n) is 17.5. The molecule has 30 heavy (non-hydrogen) atoms. The van der Waals surface area contributed by atoms with Crippen LogP contribution in [-0.2, 0) is 18.6 Å². The van der Waals surface area contributed by atoms with Crippen LogP contribution in [0.25, 0.3) is 0 Å². The Bertz CT molecular complexity index is 957. The van der Waals surface area contributed by atoms with E-state index in [1.165, 1.54) is 30.4 Å². The first kappa shape index (κ1) is 19.3. The van der Waals surface area contributed by atoms with Gasteiger partial charge in [-0.2, -0.15) is 10.2 Å². The van der Waals surface area contributed by atoms with Crippen molar-refractivity contribution in [1.82, 2.24) is 24.5 Å². The number of hydrogen-bond acceptors (Lipinski definition) is 5. The summed E-state index contributed by atoms with van der Waals surface area (Å²) in [6.07, 6.45) is 10.3. The molecule has 9 heteroatoms. The van der Waals surface area contributed by atoms with E-state index >= 15 is 0 Å². The summed E-state index contributed by atoms with van der Waals surface area (Å²) in [5.74, 6) is 1.64. The number of carbonyl (C=O) groups excluding carboxylic acids is 1. The van der Waals surface area contributed by atoms with Crippen LogP contribution in [0.5, 0.6) is 0 Å². The van der Waals surface area contributed by atoms with Gasteiger partial charge >= 0.3 is 5.69 Å². The maximum Gasteiger partial charge on any atom is 0.320 e. The lowest BCUT2D eigenvalue weighted by Gasteiger charge is -2.56. The topological polar surface area (TPSA) is 99.1 Å². The average molecular weight is 412 g/mol. The standard InChI is InChI=1S/C21H28N6O3/c1-3-25-5-4-17(22-25)12-24(2)20(28)19-18(27(29)30)13-26(23-19)21-9-14-6-15(10-21)8-16(7-14)11-21/h4-5,13-16H,3,6-12H2,1-2H3. The summed E-state index contributed by atoms with van der Waals surface area (Å²) in [6.45, 7) is 3.03. The molecule has 1 amide bonds. The van der Waals surface area contributed by atoms with Gasteiger partial charge in [-0.25, -0.2) is 0 Å². The van der Waals surface area contributed by atoms with E-state index in [9.17, 15) is 14.9 Å². The van der Waals surface area contributed by atoms with Crippen LogP contribution >= 0.6 is 0 Å². The van der Waals surface area contributed by atoms with Crippen LogP contribution < -0.4 is 0 Å². The lowest BCUT2D eigenvalue weighted by atomic mass is 9.53. The third-order valence-electron chi connectivity index (χ3n) is 7.35. The van der Waals surface area contributed by atoms with Gasteiger partial charge in [0.05, 0.1) is 22.7 Å². The number of nitrogens with zero attached hydrogens (tertiary/aromatic N) is 6. The molecule has 2 heterocycles. The monoisotopic (exact) mass is 412 g/mol. The summed E-state index contributed by atoms with van der Waals surface area (Å²) in [4.78, 5) is 25.8. The second-order valence-corrected chi connectivity index (χ2v) is 9.53. The molecule has 0 N–H and O–H groups in total. The predicted molar refractivity (Wildman–Crippen MR) is 109 cm³/mol. The summed E-state index contributed by atoms with van der Waals surface area (Å²) in [6, 6.07) is 1.86. The molecule has 2 aromatic rings. The maximum absolute atomic E-state index is 13.1. The molecule has 0 atom stereocenters. The average Bonchev–Trinajstić information content (AvgIpc) is 3.33. The lowest BCUT2D eigenvalue weighted by Crippen LogP contribution is -2.52. The molecule has 160 valence electrons. The van der Waals surface area contributed by atoms with Crippen LogP contribution in [0.15, 0.2) is 18.5 Å². The van der Waals surface area contributed by atoms with E-state index in [0.29, 0.717) is 17.8 Å². The Morgan fingerprint density at radius 2 is 1.87 bits per heavy atom. The van der Waals surface area contributed by atoms with Gasteiger partial charge in [0.1, 0.15) is 6.20 Å². The van der Waals surface area contributed by atoms with Crippen molar-refractivity contribution in [2.75, 3.05) is 7.05 Å². The van der Waals surface area contributed by atoms with Gasteiger partial charge in [-0.15, -0.1) is 0 Å². The predicted octanol–water partition coefficient (Wildman–Crippen LogP) is 3.21. The Morgan fingerprint density at radius 3 is 2.40 bits per heavy atom. The first-order valence-corrected chi connectivity index (χ1v) is 10.9. The summed E-state index contributed by atoms with van der Waals surface area (Å²) < 4.78 is 3.58. The van der Waals surface area contributed by atoms with Crippen molar-refractivity contribution in [2.45, 2.75) is 64.1 Å². The van der Waals surface area contributed by atoms with Gasteiger partial charge in [-0.1, -0.05) is 0 Å². The largest absolute Gasteiger partial charge is 0.334 e. The fourth-order valence-corrected chi connectivity index (χ4v) is 6.40. The van der Waals surface area contributed by atoms with Crippen molar-refractivity contribution < 1.29 is 9.72 Å². The van der Waals surface area contributed by atoms with Crippen LogP contribution in [0, 0.1) is 27.9 Å². The van der Waals surface area contributed by atoms with Crippen LogP contribution in [0.1, 0.15) is 61.6 Å². The first-order valence-electron chi connectivity index (χ1n) is 10.9. The Balaban J connectivity index is 1.43. The molecule has 4 saturated carbocycles. The van der Waals surface area contributed by atoms with Crippen LogP contribution in [-0.4, -0.2) is 42.3 Å². The van der Waals surface area contributed by atoms with E-state index in [0.717, 1.165) is 31.5 Å².